The van der Waals surface area contributed by atoms with Crippen molar-refractivity contribution in [1.29, 1.82) is 0 Å². The zero-order valence-electron chi connectivity index (χ0n) is 8.53. The Bertz CT molecular complexity index is 226. The van der Waals surface area contributed by atoms with Crippen LogP contribution in [0.25, 0.3) is 0 Å². The van der Waals surface area contributed by atoms with Gasteiger partial charge in [0.1, 0.15) is 0 Å². The lowest BCUT2D eigenvalue weighted by molar-refractivity contribution is 0.136. The molecule has 0 saturated carbocycles. The van der Waals surface area contributed by atoms with Crippen molar-refractivity contribution in [1.82, 2.24) is 5.43 Å². The van der Waals surface area contributed by atoms with Gasteiger partial charge in [-0.25, -0.2) is 0 Å². The minimum atomic E-state index is 0.320. The van der Waals surface area contributed by atoms with Gasteiger partial charge in [0.25, 0.3) is 0 Å². The average molecular weight is 214 g/mol. The van der Waals surface area contributed by atoms with E-state index in [2.05, 4.69) is 22.9 Å². The summed E-state index contributed by atoms with van der Waals surface area (Å²) in [4.78, 5) is 1.37. The predicted molar refractivity (Wildman–Crippen MR) is 60.2 cm³/mol. The highest BCUT2D eigenvalue weighted by molar-refractivity contribution is 7.09. The fourth-order valence-electron chi connectivity index (χ4n) is 1.29. The van der Waals surface area contributed by atoms with E-state index in [4.69, 9.17) is 10.6 Å². The summed E-state index contributed by atoms with van der Waals surface area (Å²) in [6.07, 6.45) is 1.95. The van der Waals surface area contributed by atoms with Crippen molar-refractivity contribution in [2.45, 2.75) is 25.8 Å². The number of rotatable bonds is 7. The maximum absolute atomic E-state index is 5.47. The zero-order valence-corrected chi connectivity index (χ0v) is 9.35. The standard InChI is InChI=1S/C10H18N2OS/c1-2-13-6-5-9(12-11)8-10-4-3-7-14-10/h3-4,7,9,12H,2,5-6,8,11H2,1H3. The molecule has 1 aromatic heterocycles. The van der Waals surface area contributed by atoms with Crippen molar-refractivity contribution in [3.63, 3.8) is 0 Å². The predicted octanol–water partition coefficient (Wildman–Crippen LogP) is 1.55. The van der Waals surface area contributed by atoms with Gasteiger partial charge >= 0.3 is 0 Å². The zero-order chi connectivity index (χ0) is 10.2. The van der Waals surface area contributed by atoms with E-state index in [-0.39, 0.29) is 0 Å². The molecule has 0 aliphatic heterocycles. The van der Waals surface area contributed by atoms with Crippen molar-refractivity contribution < 1.29 is 4.74 Å². The lowest BCUT2D eigenvalue weighted by atomic mass is 10.1. The second-order valence-corrected chi connectivity index (χ2v) is 4.16. The van der Waals surface area contributed by atoms with Crippen LogP contribution >= 0.6 is 11.3 Å². The maximum atomic E-state index is 5.47. The van der Waals surface area contributed by atoms with Crippen LogP contribution in [0.3, 0.4) is 0 Å². The molecule has 0 aliphatic carbocycles. The smallest absolute Gasteiger partial charge is 0.0481 e. The Hall–Kier alpha value is -0.420. The third kappa shape index (κ3) is 4.19. The van der Waals surface area contributed by atoms with Gasteiger partial charge in [0.05, 0.1) is 0 Å². The summed E-state index contributed by atoms with van der Waals surface area (Å²) in [5.74, 6) is 5.47. The second-order valence-electron chi connectivity index (χ2n) is 3.13. The molecule has 4 heteroatoms. The van der Waals surface area contributed by atoms with Crippen molar-refractivity contribution >= 4 is 11.3 Å². The van der Waals surface area contributed by atoms with Gasteiger partial charge in [-0.3, -0.25) is 11.3 Å². The molecule has 0 fully saturated rings. The lowest BCUT2D eigenvalue weighted by Gasteiger charge is -2.14. The van der Waals surface area contributed by atoms with Gasteiger partial charge < -0.3 is 4.74 Å². The fraction of sp³-hybridized carbons (Fsp3) is 0.600. The third-order valence-electron chi connectivity index (χ3n) is 2.08. The van der Waals surface area contributed by atoms with E-state index in [1.165, 1.54) is 4.88 Å². The van der Waals surface area contributed by atoms with Crippen LogP contribution in [0.15, 0.2) is 17.5 Å². The summed E-state index contributed by atoms with van der Waals surface area (Å²) in [6, 6.07) is 4.52. The first-order chi connectivity index (χ1) is 6.86. The molecule has 1 rings (SSSR count). The molecule has 0 bridgehead atoms. The molecule has 3 N–H and O–H groups in total. The van der Waals surface area contributed by atoms with Gasteiger partial charge in [-0.05, 0) is 31.2 Å². The summed E-state index contributed by atoms with van der Waals surface area (Å²) in [5.41, 5.74) is 2.83. The quantitative estimate of drug-likeness (QED) is 0.411. The van der Waals surface area contributed by atoms with E-state index >= 15 is 0 Å². The third-order valence-corrected chi connectivity index (χ3v) is 2.98. The number of nitrogens with one attached hydrogen (secondary N) is 1. The first kappa shape index (κ1) is 11.7. The molecular formula is C10H18N2OS. The van der Waals surface area contributed by atoms with Gasteiger partial charge in [-0.2, -0.15) is 0 Å². The number of ether oxygens (including phenoxy) is 1. The molecule has 1 aromatic rings. The SMILES string of the molecule is CCOCCC(Cc1cccs1)NN. The molecule has 3 nitrogen and oxygen atoms in total. The molecule has 80 valence electrons. The minimum absolute atomic E-state index is 0.320. The first-order valence-corrected chi connectivity index (χ1v) is 5.81. The molecule has 0 amide bonds. The van der Waals surface area contributed by atoms with Crippen LogP contribution < -0.4 is 11.3 Å². The van der Waals surface area contributed by atoms with Crippen LogP contribution in [-0.2, 0) is 11.2 Å². The second kappa shape index (κ2) is 6.95. The Morgan fingerprint density at radius 1 is 1.64 bits per heavy atom. The summed E-state index contributed by atoms with van der Waals surface area (Å²) in [7, 11) is 0. The molecule has 0 aliphatic rings. The van der Waals surface area contributed by atoms with E-state index in [0.717, 1.165) is 26.1 Å². The topological polar surface area (TPSA) is 47.3 Å². The van der Waals surface area contributed by atoms with Crippen LogP contribution in [0, 0.1) is 0 Å². The van der Waals surface area contributed by atoms with E-state index in [1.54, 1.807) is 11.3 Å². The average Bonchev–Trinajstić information content (AvgIpc) is 2.69. The minimum Gasteiger partial charge on any atom is -0.382 e. The summed E-state index contributed by atoms with van der Waals surface area (Å²) >= 11 is 1.77. The molecule has 1 atom stereocenters. The molecule has 0 saturated heterocycles. The highest BCUT2D eigenvalue weighted by atomic mass is 32.1. The Kier molecular flexibility index (Phi) is 5.78. The van der Waals surface area contributed by atoms with Crippen LogP contribution in [0.4, 0.5) is 0 Å². The van der Waals surface area contributed by atoms with Crippen LogP contribution in [0.5, 0.6) is 0 Å². The highest BCUT2D eigenvalue weighted by Gasteiger charge is 2.07. The Labute approximate surface area is 89.2 Å². The van der Waals surface area contributed by atoms with E-state index in [0.29, 0.717) is 6.04 Å². The van der Waals surface area contributed by atoms with E-state index in [1.807, 2.05) is 6.92 Å². The number of nitrogens with two attached hydrogens (primary N) is 1. The van der Waals surface area contributed by atoms with E-state index in [9.17, 15) is 0 Å². The number of hydrazine groups is 1. The van der Waals surface area contributed by atoms with Gasteiger partial charge in [0, 0.05) is 24.1 Å². The number of hydrogen-bond acceptors (Lipinski definition) is 4. The van der Waals surface area contributed by atoms with Crippen molar-refractivity contribution in [3.8, 4) is 0 Å². The molecule has 0 aromatic carbocycles. The molecule has 1 heterocycles. The maximum Gasteiger partial charge on any atom is 0.0481 e. The van der Waals surface area contributed by atoms with Crippen molar-refractivity contribution in [2.24, 2.45) is 5.84 Å². The summed E-state index contributed by atoms with van der Waals surface area (Å²) in [6.45, 7) is 3.55. The summed E-state index contributed by atoms with van der Waals surface area (Å²) in [5, 5.41) is 2.09. The van der Waals surface area contributed by atoms with Gasteiger partial charge in [-0.15, -0.1) is 11.3 Å². The molecule has 0 radical (unpaired) electrons. The Balaban J connectivity index is 2.24. The van der Waals surface area contributed by atoms with Crippen LogP contribution in [0.1, 0.15) is 18.2 Å². The van der Waals surface area contributed by atoms with E-state index < -0.39 is 0 Å². The number of hydrogen-bond donors (Lipinski definition) is 2. The first-order valence-electron chi connectivity index (χ1n) is 4.93. The molecular weight excluding hydrogens is 196 g/mol. The Morgan fingerprint density at radius 2 is 2.50 bits per heavy atom. The highest BCUT2D eigenvalue weighted by Crippen LogP contribution is 2.12. The Morgan fingerprint density at radius 3 is 3.07 bits per heavy atom. The van der Waals surface area contributed by atoms with Crippen LogP contribution in [0.2, 0.25) is 0 Å². The summed E-state index contributed by atoms with van der Waals surface area (Å²) < 4.78 is 5.29. The van der Waals surface area contributed by atoms with Crippen LogP contribution in [-0.4, -0.2) is 19.3 Å². The molecule has 0 spiro atoms. The largest absolute Gasteiger partial charge is 0.382 e. The lowest BCUT2D eigenvalue weighted by Crippen LogP contribution is -2.37. The van der Waals surface area contributed by atoms with Gasteiger partial charge in [0.2, 0.25) is 0 Å². The monoisotopic (exact) mass is 214 g/mol. The van der Waals surface area contributed by atoms with Crippen molar-refractivity contribution in [3.05, 3.63) is 22.4 Å². The normalized spacial score (nSPS) is 13.0. The van der Waals surface area contributed by atoms with Crippen molar-refractivity contribution in [2.75, 3.05) is 13.2 Å². The van der Waals surface area contributed by atoms with Gasteiger partial charge in [0.15, 0.2) is 0 Å². The van der Waals surface area contributed by atoms with Gasteiger partial charge in [-0.1, -0.05) is 6.07 Å². The number of thiophene rings is 1. The fourth-order valence-corrected chi connectivity index (χ4v) is 2.07. The molecule has 14 heavy (non-hydrogen) atoms. The molecule has 1 unspecified atom stereocenters.